The lowest BCUT2D eigenvalue weighted by atomic mass is 9.95. The molecule has 1 N–H and O–H groups in total. The van der Waals surface area contributed by atoms with Gasteiger partial charge >= 0.3 is 0 Å². The minimum Gasteiger partial charge on any atom is -0.371 e. The fraction of sp³-hybridized carbons (Fsp3) is 0.391. The average Bonchev–Trinajstić information content (AvgIpc) is 3.43. The van der Waals surface area contributed by atoms with Gasteiger partial charge in [-0.05, 0) is 56.0 Å². The molecular formula is C23H24F2N4O. The fourth-order valence-electron chi connectivity index (χ4n) is 4.58. The second-order valence-electron chi connectivity index (χ2n) is 8.20. The van der Waals surface area contributed by atoms with E-state index >= 15 is 0 Å². The van der Waals surface area contributed by atoms with Crippen LogP contribution in [0.1, 0.15) is 25.7 Å². The molecule has 3 heterocycles. The Bertz CT molecular complexity index is 1080. The van der Waals surface area contributed by atoms with Crippen LogP contribution in [0.5, 0.6) is 0 Å². The molecule has 3 aromatic rings. The lowest BCUT2D eigenvalue weighted by Gasteiger charge is -2.34. The van der Waals surface area contributed by atoms with Crippen molar-refractivity contribution in [3.63, 3.8) is 0 Å². The van der Waals surface area contributed by atoms with Gasteiger partial charge in [0.05, 0.1) is 16.6 Å². The van der Waals surface area contributed by atoms with Crippen molar-refractivity contribution in [3.05, 3.63) is 48.0 Å². The molecule has 0 saturated carbocycles. The largest absolute Gasteiger partial charge is 0.371 e. The second-order valence-corrected chi connectivity index (χ2v) is 8.20. The van der Waals surface area contributed by atoms with Gasteiger partial charge in [0, 0.05) is 43.9 Å². The third-order valence-electron chi connectivity index (χ3n) is 6.28. The number of halogens is 2. The van der Waals surface area contributed by atoms with Crippen LogP contribution >= 0.6 is 0 Å². The number of nitrogens with zero attached hydrogens (tertiary/aromatic N) is 3. The van der Waals surface area contributed by atoms with E-state index in [1.807, 2.05) is 4.90 Å². The van der Waals surface area contributed by atoms with E-state index in [1.165, 1.54) is 18.2 Å². The summed E-state index contributed by atoms with van der Waals surface area (Å²) in [6.07, 6.45) is 3.84. The minimum absolute atomic E-state index is 0.0875. The molecule has 7 heteroatoms. The molecule has 2 aliphatic heterocycles. The molecule has 2 saturated heterocycles. The van der Waals surface area contributed by atoms with Gasteiger partial charge in [-0.3, -0.25) is 4.79 Å². The van der Waals surface area contributed by atoms with Gasteiger partial charge in [0.15, 0.2) is 0 Å². The summed E-state index contributed by atoms with van der Waals surface area (Å²) in [4.78, 5) is 24.3. The summed E-state index contributed by atoms with van der Waals surface area (Å²) in [5.74, 6) is 0.0125. The summed E-state index contributed by atoms with van der Waals surface area (Å²) in [7, 11) is 0. The number of nitrogens with one attached hydrogen (secondary N) is 1. The van der Waals surface area contributed by atoms with E-state index in [9.17, 15) is 13.6 Å². The summed E-state index contributed by atoms with van der Waals surface area (Å²) in [6, 6.07) is 9.28. The molecule has 0 bridgehead atoms. The number of benzene rings is 2. The zero-order chi connectivity index (χ0) is 20.7. The molecule has 5 rings (SSSR count). The van der Waals surface area contributed by atoms with Crippen molar-refractivity contribution < 1.29 is 13.6 Å². The fourth-order valence-corrected chi connectivity index (χ4v) is 4.58. The van der Waals surface area contributed by atoms with Crippen molar-refractivity contribution >= 4 is 22.6 Å². The number of amides is 1. The second kappa shape index (κ2) is 7.70. The van der Waals surface area contributed by atoms with Crippen molar-refractivity contribution in [2.45, 2.75) is 25.7 Å². The van der Waals surface area contributed by atoms with Crippen LogP contribution in [-0.4, -0.2) is 47.0 Å². The molecule has 2 aliphatic rings. The molecule has 2 aromatic carbocycles. The van der Waals surface area contributed by atoms with E-state index in [4.69, 9.17) is 0 Å². The molecule has 0 aliphatic carbocycles. The molecule has 1 aromatic heterocycles. The number of piperidine rings is 1. The zero-order valence-corrected chi connectivity index (χ0v) is 16.7. The van der Waals surface area contributed by atoms with Crippen LogP contribution in [0.2, 0.25) is 0 Å². The maximum Gasteiger partial charge on any atom is 0.225 e. The van der Waals surface area contributed by atoms with Gasteiger partial charge < -0.3 is 14.8 Å². The zero-order valence-electron chi connectivity index (χ0n) is 16.7. The predicted octanol–water partition coefficient (Wildman–Crippen LogP) is 4.35. The predicted molar refractivity (Wildman–Crippen MR) is 112 cm³/mol. The molecule has 30 heavy (non-hydrogen) atoms. The van der Waals surface area contributed by atoms with Gasteiger partial charge in [-0.25, -0.2) is 13.8 Å². The molecule has 0 spiro atoms. The molecule has 0 radical (unpaired) electrons. The van der Waals surface area contributed by atoms with Crippen LogP contribution in [0.25, 0.3) is 22.4 Å². The van der Waals surface area contributed by atoms with Gasteiger partial charge in [-0.1, -0.05) is 0 Å². The highest BCUT2D eigenvalue weighted by atomic mass is 19.1. The first-order valence-electron chi connectivity index (χ1n) is 10.6. The topological polar surface area (TPSA) is 52.2 Å². The van der Waals surface area contributed by atoms with Crippen molar-refractivity contribution in [2.75, 3.05) is 31.1 Å². The van der Waals surface area contributed by atoms with Crippen molar-refractivity contribution in [3.8, 4) is 11.4 Å². The highest BCUT2D eigenvalue weighted by Crippen LogP contribution is 2.31. The number of aromatic nitrogens is 2. The number of aromatic amines is 1. The van der Waals surface area contributed by atoms with Crippen LogP contribution in [0.4, 0.5) is 14.5 Å². The van der Waals surface area contributed by atoms with Crippen molar-refractivity contribution in [1.29, 1.82) is 0 Å². The SMILES string of the molecule is O=C(C1CCN(c2ccc(F)c(-c3nc4cc(F)ccc4[nH]3)c2)CC1)N1CCCC1. The number of imidazole rings is 1. The highest BCUT2D eigenvalue weighted by Gasteiger charge is 2.30. The Labute approximate surface area is 173 Å². The molecule has 5 nitrogen and oxygen atoms in total. The third kappa shape index (κ3) is 3.53. The standard InChI is InChI=1S/C23H24F2N4O/c24-16-3-6-20-21(13-16)27-22(26-20)18-14-17(4-5-19(18)25)28-11-7-15(8-12-28)23(30)29-9-1-2-10-29/h3-6,13-15H,1-2,7-12H2,(H,26,27). The summed E-state index contributed by atoms with van der Waals surface area (Å²) in [5.41, 5.74) is 2.40. The van der Waals surface area contributed by atoms with E-state index in [-0.39, 0.29) is 17.6 Å². The number of H-pyrrole nitrogens is 1. The van der Waals surface area contributed by atoms with E-state index in [0.717, 1.165) is 57.5 Å². The van der Waals surface area contributed by atoms with Gasteiger partial charge in [0.25, 0.3) is 0 Å². The summed E-state index contributed by atoms with van der Waals surface area (Å²) in [5, 5.41) is 0. The normalized spacial score (nSPS) is 17.8. The van der Waals surface area contributed by atoms with Crippen LogP contribution < -0.4 is 4.90 Å². The Morgan fingerprint density at radius 1 is 1.00 bits per heavy atom. The Hall–Kier alpha value is -2.96. The number of carbonyl (C=O) groups excluding carboxylic acids is 1. The molecule has 1 amide bonds. The van der Waals surface area contributed by atoms with E-state index in [1.54, 1.807) is 18.2 Å². The lowest BCUT2D eigenvalue weighted by molar-refractivity contribution is -0.135. The van der Waals surface area contributed by atoms with Crippen LogP contribution in [0.15, 0.2) is 36.4 Å². The van der Waals surface area contributed by atoms with Gasteiger partial charge in [0.2, 0.25) is 5.91 Å². The first-order valence-corrected chi connectivity index (χ1v) is 10.6. The van der Waals surface area contributed by atoms with E-state index < -0.39 is 0 Å². The molecular weight excluding hydrogens is 386 g/mol. The van der Waals surface area contributed by atoms with Crippen molar-refractivity contribution in [2.24, 2.45) is 5.92 Å². The number of rotatable bonds is 3. The highest BCUT2D eigenvalue weighted by molar-refractivity contribution is 5.81. The summed E-state index contributed by atoms with van der Waals surface area (Å²) < 4.78 is 28.0. The molecule has 156 valence electrons. The Kier molecular flexibility index (Phi) is 4.89. The molecule has 0 unspecified atom stereocenters. The Morgan fingerprint density at radius 3 is 2.53 bits per heavy atom. The first kappa shape index (κ1) is 19.0. The monoisotopic (exact) mass is 410 g/mol. The molecule has 2 fully saturated rings. The Balaban J connectivity index is 1.34. The van der Waals surface area contributed by atoms with Crippen LogP contribution in [0.3, 0.4) is 0 Å². The number of hydrogen-bond donors (Lipinski definition) is 1. The molecule has 0 atom stereocenters. The number of fused-ring (bicyclic) bond motifs is 1. The quantitative estimate of drug-likeness (QED) is 0.699. The summed E-state index contributed by atoms with van der Waals surface area (Å²) >= 11 is 0. The van der Waals surface area contributed by atoms with Crippen LogP contribution in [-0.2, 0) is 4.79 Å². The lowest BCUT2D eigenvalue weighted by Crippen LogP contribution is -2.41. The van der Waals surface area contributed by atoms with Gasteiger partial charge in [-0.2, -0.15) is 0 Å². The maximum absolute atomic E-state index is 14.6. The number of carbonyl (C=O) groups is 1. The van der Waals surface area contributed by atoms with E-state index in [0.29, 0.717) is 28.3 Å². The third-order valence-corrected chi connectivity index (χ3v) is 6.28. The number of anilines is 1. The maximum atomic E-state index is 14.6. The van der Waals surface area contributed by atoms with Gasteiger partial charge in [0.1, 0.15) is 17.5 Å². The average molecular weight is 410 g/mol. The van der Waals surface area contributed by atoms with Crippen molar-refractivity contribution in [1.82, 2.24) is 14.9 Å². The van der Waals surface area contributed by atoms with E-state index in [2.05, 4.69) is 14.9 Å². The van der Waals surface area contributed by atoms with Crippen LogP contribution in [0, 0.1) is 17.6 Å². The van der Waals surface area contributed by atoms with Gasteiger partial charge in [-0.15, -0.1) is 0 Å². The smallest absolute Gasteiger partial charge is 0.225 e. The summed E-state index contributed by atoms with van der Waals surface area (Å²) in [6.45, 7) is 3.31. The number of likely N-dealkylation sites (tertiary alicyclic amines) is 1. The minimum atomic E-state index is -0.377. The Morgan fingerprint density at radius 2 is 1.77 bits per heavy atom. The number of hydrogen-bond acceptors (Lipinski definition) is 3. The first-order chi connectivity index (χ1) is 14.6.